The lowest BCUT2D eigenvalue weighted by Gasteiger charge is -2.30. The second kappa shape index (κ2) is 6.50. The zero-order chi connectivity index (χ0) is 17.5. The van der Waals surface area contributed by atoms with Gasteiger partial charge in [-0.05, 0) is 25.2 Å². The van der Waals surface area contributed by atoms with Crippen molar-refractivity contribution in [3.8, 4) is 11.4 Å². The lowest BCUT2D eigenvalue weighted by molar-refractivity contribution is -0.134. The van der Waals surface area contributed by atoms with Gasteiger partial charge in [0.25, 0.3) is 0 Å². The second-order valence-electron chi connectivity index (χ2n) is 7.82. The van der Waals surface area contributed by atoms with Gasteiger partial charge in [-0.3, -0.25) is 4.79 Å². The van der Waals surface area contributed by atoms with E-state index in [2.05, 4.69) is 32.2 Å². The molecule has 0 radical (unpaired) electrons. The minimum atomic E-state index is -0.00818. The number of aromatic nitrogens is 3. The van der Waals surface area contributed by atoms with Gasteiger partial charge >= 0.3 is 0 Å². The standard InChI is InChI=1S/C20H25N5O/c26-20(17-12-15-8-4-5-9-16(15)21-17)24-10-11-25-18(13-24)22-23-19(25)14-6-2-1-3-7-14/h1-3,6-7,15-17,21H,4-5,8-13H2. The summed E-state index contributed by atoms with van der Waals surface area (Å²) < 4.78 is 2.15. The van der Waals surface area contributed by atoms with E-state index in [0.29, 0.717) is 18.5 Å². The summed E-state index contributed by atoms with van der Waals surface area (Å²) in [6, 6.07) is 10.7. The van der Waals surface area contributed by atoms with Gasteiger partial charge in [-0.25, -0.2) is 0 Å². The van der Waals surface area contributed by atoms with E-state index >= 15 is 0 Å². The number of hydrogen-bond donors (Lipinski definition) is 1. The minimum Gasteiger partial charge on any atom is -0.332 e. The third-order valence-corrected chi connectivity index (χ3v) is 6.26. The monoisotopic (exact) mass is 351 g/mol. The third-order valence-electron chi connectivity index (χ3n) is 6.26. The van der Waals surface area contributed by atoms with Gasteiger partial charge in [-0.1, -0.05) is 43.2 Å². The number of nitrogens with one attached hydrogen (secondary N) is 1. The van der Waals surface area contributed by atoms with Gasteiger partial charge in [0.15, 0.2) is 11.6 Å². The quantitative estimate of drug-likeness (QED) is 0.901. The van der Waals surface area contributed by atoms with Gasteiger partial charge in [-0.15, -0.1) is 10.2 Å². The maximum atomic E-state index is 13.0. The Hall–Kier alpha value is -2.21. The van der Waals surface area contributed by atoms with Crippen LogP contribution in [0.1, 0.15) is 37.9 Å². The molecule has 2 aromatic rings. The molecule has 6 nitrogen and oxygen atoms in total. The highest BCUT2D eigenvalue weighted by atomic mass is 16.2. The molecular formula is C20H25N5O. The fourth-order valence-corrected chi connectivity index (χ4v) is 4.88. The van der Waals surface area contributed by atoms with E-state index < -0.39 is 0 Å². The van der Waals surface area contributed by atoms with Gasteiger partial charge in [0.1, 0.15) is 0 Å². The second-order valence-corrected chi connectivity index (χ2v) is 7.82. The number of nitrogens with zero attached hydrogens (tertiary/aromatic N) is 4. The van der Waals surface area contributed by atoms with E-state index in [1.54, 1.807) is 0 Å². The number of benzene rings is 1. The van der Waals surface area contributed by atoms with Crippen LogP contribution in [0, 0.1) is 5.92 Å². The van der Waals surface area contributed by atoms with Crippen molar-refractivity contribution in [2.75, 3.05) is 6.54 Å². The van der Waals surface area contributed by atoms with Crippen LogP contribution in [0.5, 0.6) is 0 Å². The summed E-state index contributed by atoms with van der Waals surface area (Å²) in [4.78, 5) is 15.0. The average molecular weight is 351 g/mol. The lowest BCUT2D eigenvalue weighted by Crippen LogP contribution is -2.48. The summed E-state index contributed by atoms with van der Waals surface area (Å²) >= 11 is 0. The first-order chi connectivity index (χ1) is 12.8. The summed E-state index contributed by atoms with van der Waals surface area (Å²) in [6.45, 7) is 2.06. The first-order valence-corrected chi connectivity index (χ1v) is 9.82. The van der Waals surface area contributed by atoms with Crippen LogP contribution < -0.4 is 5.32 Å². The first kappa shape index (κ1) is 16.0. The Bertz CT molecular complexity index is 788. The van der Waals surface area contributed by atoms with Crippen LogP contribution in [0.4, 0.5) is 0 Å². The van der Waals surface area contributed by atoms with Gasteiger partial charge < -0.3 is 14.8 Å². The van der Waals surface area contributed by atoms with Crippen molar-refractivity contribution in [2.45, 2.75) is 57.3 Å². The van der Waals surface area contributed by atoms with Crippen molar-refractivity contribution in [1.29, 1.82) is 0 Å². The zero-order valence-corrected chi connectivity index (χ0v) is 15.0. The SMILES string of the molecule is O=C(C1CC2CCCCC2N1)N1CCn2c(nnc2-c2ccccc2)C1. The molecule has 136 valence electrons. The molecule has 3 atom stereocenters. The molecule has 0 bridgehead atoms. The summed E-state index contributed by atoms with van der Waals surface area (Å²) in [5.74, 6) is 2.72. The molecule has 2 fully saturated rings. The van der Waals surface area contributed by atoms with Gasteiger partial charge in [0, 0.05) is 24.7 Å². The van der Waals surface area contributed by atoms with Crippen LogP contribution in [0.2, 0.25) is 0 Å². The van der Waals surface area contributed by atoms with Crippen LogP contribution in [-0.4, -0.2) is 44.2 Å². The lowest BCUT2D eigenvalue weighted by atomic mass is 9.85. The molecule has 5 rings (SSSR count). The Morgan fingerprint density at radius 2 is 1.92 bits per heavy atom. The Kier molecular flexibility index (Phi) is 4.00. The molecule has 2 aliphatic heterocycles. The molecule has 0 spiro atoms. The van der Waals surface area contributed by atoms with E-state index in [0.717, 1.165) is 36.7 Å². The number of carbonyl (C=O) groups is 1. The Labute approximate surface area is 153 Å². The van der Waals surface area contributed by atoms with Crippen molar-refractivity contribution < 1.29 is 4.79 Å². The predicted octanol–water partition coefficient (Wildman–Crippen LogP) is 2.21. The molecule has 1 aliphatic carbocycles. The van der Waals surface area contributed by atoms with Crippen molar-refractivity contribution >= 4 is 5.91 Å². The molecule has 1 amide bonds. The predicted molar refractivity (Wildman–Crippen MR) is 98.2 cm³/mol. The normalized spacial score (nSPS) is 27.8. The fraction of sp³-hybridized carbons (Fsp3) is 0.550. The highest BCUT2D eigenvalue weighted by molar-refractivity contribution is 5.82. The highest BCUT2D eigenvalue weighted by Crippen LogP contribution is 2.34. The van der Waals surface area contributed by atoms with E-state index in [4.69, 9.17) is 0 Å². The fourth-order valence-electron chi connectivity index (χ4n) is 4.88. The van der Waals surface area contributed by atoms with Crippen LogP contribution in [-0.2, 0) is 17.9 Å². The number of rotatable bonds is 2. The summed E-state index contributed by atoms with van der Waals surface area (Å²) in [7, 11) is 0. The first-order valence-electron chi connectivity index (χ1n) is 9.82. The molecule has 1 N–H and O–H groups in total. The molecular weight excluding hydrogens is 326 g/mol. The molecule has 3 unspecified atom stereocenters. The molecule has 1 saturated heterocycles. The van der Waals surface area contributed by atoms with E-state index in [-0.39, 0.29) is 11.9 Å². The third kappa shape index (κ3) is 2.72. The number of hydrogen-bond acceptors (Lipinski definition) is 4. The molecule has 6 heteroatoms. The van der Waals surface area contributed by atoms with Crippen molar-refractivity contribution in [2.24, 2.45) is 5.92 Å². The molecule has 1 aromatic carbocycles. The van der Waals surface area contributed by atoms with E-state index in [1.165, 1.54) is 25.7 Å². The number of amides is 1. The zero-order valence-electron chi connectivity index (χ0n) is 15.0. The molecule has 1 saturated carbocycles. The van der Waals surface area contributed by atoms with Crippen molar-refractivity contribution in [3.63, 3.8) is 0 Å². The van der Waals surface area contributed by atoms with Crippen LogP contribution >= 0.6 is 0 Å². The Morgan fingerprint density at radius 1 is 1.08 bits per heavy atom. The van der Waals surface area contributed by atoms with Crippen LogP contribution in [0.25, 0.3) is 11.4 Å². The van der Waals surface area contributed by atoms with Crippen molar-refractivity contribution in [3.05, 3.63) is 36.2 Å². The summed E-state index contributed by atoms with van der Waals surface area (Å²) in [5, 5.41) is 12.4. The maximum Gasteiger partial charge on any atom is 0.240 e. The highest BCUT2D eigenvalue weighted by Gasteiger charge is 2.40. The van der Waals surface area contributed by atoms with E-state index in [9.17, 15) is 4.79 Å². The average Bonchev–Trinajstić information content (AvgIpc) is 3.31. The Balaban J connectivity index is 1.30. The number of fused-ring (bicyclic) bond motifs is 2. The smallest absolute Gasteiger partial charge is 0.240 e. The van der Waals surface area contributed by atoms with Gasteiger partial charge in [0.05, 0.1) is 12.6 Å². The molecule has 3 aliphatic rings. The summed E-state index contributed by atoms with van der Waals surface area (Å²) in [5.41, 5.74) is 1.08. The van der Waals surface area contributed by atoms with Crippen LogP contribution in [0.3, 0.4) is 0 Å². The van der Waals surface area contributed by atoms with Crippen molar-refractivity contribution in [1.82, 2.24) is 25.0 Å². The molecule has 26 heavy (non-hydrogen) atoms. The largest absolute Gasteiger partial charge is 0.332 e. The topological polar surface area (TPSA) is 63.1 Å². The number of carbonyl (C=O) groups excluding carboxylic acids is 1. The molecule has 3 heterocycles. The maximum absolute atomic E-state index is 13.0. The van der Waals surface area contributed by atoms with Gasteiger partial charge in [0.2, 0.25) is 5.91 Å². The molecule has 1 aromatic heterocycles. The van der Waals surface area contributed by atoms with E-state index in [1.807, 2.05) is 23.1 Å². The van der Waals surface area contributed by atoms with Gasteiger partial charge in [-0.2, -0.15) is 0 Å². The summed E-state index contributed by atoms with van der Waals surface area (Å²) in [6.07, 6.45) is 6.12. The Morgan fingerprint density at radius 3 is 2.77 bits per heavy atom. The minimum absolute atomic E-state index is 0.00818. The van der Waals surface area contributed by atoms with Crippen LogP contribution in [0.15, 0.2) is 30.3 Å².